The molecule has 1 atom stereocenters. The second-order valence-electron chi connectivity index (χ2n) is 9.98. The minimum Gasteiger partial charge on any atom is -0.359 e. The van der Waals surface area contributed by atoms with Gasteiger partial charge in [-0.05, 0) is 81.5 Å². The third-order valence-corrected chi connectivity index (χ3v) is 8.80. The Balaban J connectivity index is 0.000000150. The van der Waals surface area contributed by atoms with Gasteiger partial charge in [-0.2, -0.15) is 0 Å². The fraction of sp³-hybridized carbons (Fsp3) is 0.448. The highest BCUT2D eigenvalue weighted by Gasteiger charge is 2.21. The van der Waals surface area contributed by atoms with E-state index >= 15 is 0 Å². The maximum Gasteiger partial charge on any atom is 0.213 e. The number of nitrogens with zero attached hydrogens (tertiary/aromatic N) is 1. The topological polar surface area (TPSA) is 61.4 Å². The Morgan fingerprint density at radius 1 is 0.886 bits per heavy atom. The Labute approximate surface area is 212 Å². The van der Waals surface area contributed by atoms with Gasteiger partial charge in [0.15, 0.2) is 0 Å². The highest BCUT2D eigenvalue weighted by atomic mass is 32.2. The number of hydrogen-bond acceptors (Lipinski definition) is 4. The van der Waals surface area contributed by atoms with E-state index in [1.54, 1.807) is 7.05 Å². The molecular formula is C29H41N3O2S. The van der Waals surface area contributed by atoms with Gasteiger partial charge in [0.25, 0.3) is 0 Å². The molecule has 1 unspecified atom stereocenters. The Morgan fingerprint density at radius 2 is 1.49 bits per heavy atom. The van der Waals surface area contributed by atoms with Crippen LogP contribution in [0.25, 0.3) is 0 Å². The molecule has 1 fully saturated rings. The van der Waals surface area contributed by atoms with Gasteiger partial charge in [-0.3, -0.25) is 0 Å². The number of aryl methyl sites for hydroxylation is 4. The molecule has 0 amide bonds. The van der Waals surface area contributed by atoms with Crippen LogP contribution in [0.15, 0.2) is 61.0 Å². The van der Waals surface area contributed by atoms with E-state index in [4.69, 9.17) is 0 Å². The van der Waals surface area contributed by atoms with Crippen molar-refractivity contribution in [2.45, 2.75) is 59.3 Å². The van der Waals surface area contributed by atoms with Crippen LogP contribution in [-0.4, -0.2) is 32.1 Å². The van der Waals surface area contributed by atoms with E-state index in [2.05, 4.69) is 81.0 Å². The average Bonchev–Trinajstić information content (AvgIpc) is 2.95. The van der Waals surface area contributed by atoms with Gasteiger partial charge >= 0.3 is 0 Å². The van der Waals surface area contributed by atoms with Gasteiger partial charge in [-0.15, -0.1) is 0 Å². The lowest BCUT2D eigenvalue weighted by molar-refractivity contribution is 0.435. The number of anilines is 2. The molecule has 5 rings (SSSR count). The lowest BCUT2D eigenvalue weighted by Gasteiger charge is -2.21. The lowest BCUT2D eigenvalue weighted by Crippen LogP contribution is -2.34. The molecule has 3 aliphatic rings. The molecule has 2 aromatic rings. The van der Waals surface area contributed by atoms with Gasteiger partial charge in [-0.25, -0.2) is 12.7 Å². The molecule has 0 bridgehead atoms. The van der Waals surface area contributed by atoms with Crippen LogP contribution in [0.5, 0.6) is 0 Å². The molecule has 0 aromatic heterocycles. The van der Waals surface area contributed by atoms with Crippen molar-refractivity contribution in [1.82, 2.24) is 4.31 Å². The van der Waals surface area contributed by atoms with Crippen molar-refractivity contribution in [3.63, 3.8) is 0 Å². The summed E-state index contributed by atoms with van der Waals surface area (Å²) in [6, 6.07) is 13.1. The molecule has 0 spiro atoms. The molecule has 1 saturated heterocycles. The summed E-state index contributed by atoms with van der Waals surface area (Å²) < 4.78 is 23.2. The van der Waals surface area contributed by atoms with E-state index in [1.165, 1.54) is 44.4 Å². The summed E-state index contributed by atoms with van der Waals surface area (Å²) in [4.78, 5) is 0. The Morgan fingerprint density at radius 3 is 2.06 bits per heavy atom. The van der Waals surface area contributed by atoms with Crippen molar-refractivity contribution in [3.8, 4) is 0 Å². The van der Waals surface area contributed by atoms with Crippen LogP contribution in [0.4, 0.5) is 11.4 Å². The Hall–Kier alpha value is -2.57. The number of nitrogens with one attached hydrogen (secondary N) is 2. The minimum atomic E-state index is -2.83. The fourth-order valence-corrected chi connectivity index (χ4v) is 5.69. The first-order chi connectivity index (χ1) is 16.5. The second-order valence-corrected chi connectivity index (χ2v) is 12.2. The number of benzene rings is 2. The maximum atomic E-state index is 10.9. The minimum absolute atomic E-state index is 0.337. The number of allylic oxidation sites excluding steroid dienone is 2. The monoisotopic (exact) mass is 495 g/mol. The third kappa shape index (κ3) is 7.71. The van der Waals surface area contributed by atoms with Crippen molar-refractivity contribution in [2.75, 3.05) is 30.0 Å². The summed E-state index contributed by atoms with van der Waals surface area (Å²) in [5.74, 6) is 0.909. The molecule has 0 radical (unpaired) electrons. The highest BCUT2D eigenvalue weighted by molar-refractivity contribution is 7.89. The lowest BCUT2D eigenvalue weighted by atomic mass is 10.00. The molecule has 2 N–H and O–H groups in total. The molecule has 6 heteroatoms. The molecule has 5 nitrogen and oxygen atoms in total. The summed E-state index contributed by atoms with van der Waals surface area (Å²) in [5.41, 5.74) is 10.3. The molecule has 3 aliphatic heterocycles. The van der Waals surface area contributed by atoms with Crippen LogP contribution >= 0.6 is 0 Å². The number of fused-ring (bicyclic) bond motifs is 2. The predicted octanol–water partition coefficient (Wildman–Crippen LogP) is 6.41. The Bertz CT molecular complexity index is 1170. The summed E-state index contributed by atoms with van der Waals surface area (Å²) >= 11 is 0. The third-order valence-electron chi connectivity index (χ3n) is 6.87. The largest absolute Gasteiger partial charge is 0.359 e. The van der Waals surface area contributed by atoms with Crippen molar-refractivity contribution < 1.29 is 8.42 Å². The van der Waals surface area contributed by atoms with Gasteiger partial charge in [0.2, 0.25) is 10.0 Å². The van der Waals surface area contributed by atoms with E-state index in [0.29, 0.717) is 18.2 Å². The van der Waals surface area contributed by atoms with Gasteiger partial charge in [-0.1, -0.05) is 55.5 Å². The zero-order valence-corrected chi connectivity index (χ0v) is 22.6. The number of sulfonamides is 1. The van der Waals surface area contributed by atoms with Crippen LogP contribution in [0, 0.1) is 19.8 Å². The molecule has 3 heterocycles. The summed E-state index contributed by atoms with van der Waals surface area (Å²) in [6.45, 7) is 15.2. The van der Waals surface area contributed by atoms with Crippen LogP contribution in [-0.2, 0) is 22.9 Å². The Kier molecular flexibility index (Phi) is 9.20. The van der Waals surface area contributed by atoms with Gasteiger partial charge in [0, 0.05) is 36.4 Å². The van der Waals surface area contributed by atoms with E-state index in [0.717, 1.165) is 43.5 Å². The molecule has 0 aliphatic carbocycles. The average molecular weight is 496 g/mol. The highest BCUT2D eigenvalue weighted by Crippen LogP contribution is 2.29. The standard InChI is InChI=1S/C13H17N.C11H13N.C5H11NO2S/c1-9-4-7-13-12(8-9)6-5-10(2)11(3)14-13;1-8-3-6-11-10(7-8)5-4-9(2)12-11;1-6-4-2-3-5-9(6,7)8/h4,7-8,10,14H,3,5-6H2,1-2H3;3,6-7,12H,2,4-5H2,1H3;2-5H2,1H3. The first-order valence-electron chi connectivity index (χ1n) is 12.6. The van der Waals surface area contributed by atoms with E-state index < -0.39 is 10.0 Å². The van der Waals surface area contributed by atoms with Crippen LogP contribution < -0.4 is 10.6 Å². The van der Waals surface area contributed by atoms with Crippen LogP contribution in [0.2, 0.25) is 0 Å². The van der Waals surface area contributed by atoms with Gasteiger partial charge < -0.3 is 10.6 Å². The van der Waals surface area contributed by atoms with Gasteiger partial charge in [0.05, 0.1) is 5.75 Å². The number of rotatable bonds is 0. The summed E-state index contributed by atoms with van der Waals surface area (Å²) in [7, 11) is -1.19. The first kappa shape index (κ1) is 27.0. The van der Waals surface area contributed by atoms with E-state index in [1.807, 2.05) is 0 Å². The van der Waals surface area contributed by atoms with E-state index in [9.17, 15) is 8.42 Å². The smallest absolute Gasteiger partial charge is 0.213 e. The van der Waals surface area contributed by atoms with Crippen molar-refractivity contribution >= 4 is 21.4 Å². The first-order valence-corrected chi connectivity index (χ1v) is 14.2. The van der Waals surface area contributed by atoms with Crippen LogP contribution in [0.1, 0.15) is 54.9 Å². The maximum absolute atomic E-state index is 10.9. The zero-order chi connectivity index (χ0) is 25.6. The van der Waals surface area contributed by atoms with Crippen LogP contribution in [0.3, 0.4) is 0 Å². The molecule has 35 heavy (non-hydrogen) atoms. The fourth-order valence-electron chi connectivity index (χ4n) is 4.40. The second kappa shape index (κ2) is 11.9. The molecular weight excluding hydrogens is 454 g/mol. The van der Waals surface area contributed by atoms with Crippen molar-refractivity contribution in [3.05, 3.63) is 83.2 Å². The zero-order valence-electron chi connectivity index (χ0n) is 21.8. The van der Waals surface area contributed by atoms with Crippen molar-refractivity contribution in [2.24, 2.45) is 5.92 Å². The number of hydrogen-bond donors (Lipinski definition) is 2. The molecule has 0 saturated carbocycles. The van der Waals surface area contributed by atoms with E-state index in [-0.39, 0.29) is 0 Å². The summed E-state index contributed by atoms with van der Waals surface area (Å²) in [5, 5.41) is 6.70. The van der Waals surface area contributed by atoms with Crippen molar-refractivity contribution in [1.29, 1.82) is 0 Å². The van der Waals surface area contributed by atoms with Gasteiger partial charge in [0.1, 0.15) is 0 Å². The normalized spacial score (nSPS) is 20.9. The predicted molar refractivity (Wildman–Crippen MR) is 149 cm³/mol. The summed E-state index contributed by atoms with van der Waals surface area (Å²) in [6.07, 6.45) is 6.38. The SMILES string of the molecule is C=C1CCc2cc(C)ccc2N1.C=C1Nc2ccc(C)cc2CCC1C.CN1CCCCS1(=O)=O. The quantitative estimate of drug-likeness (QED) is 0.443. The molecule has 190 valence electrons. The molecule has 2 aromatic carbocycles.